The third-order valence-corrected chi connectivity index (χ3v) is 5.55. The number of benzene rings is 2. The second-order valence-corrected chi connectivity index (χ2v) is 7.67. The molecule has 25 heavy (non-hydrogen) atoms. The zero-order valence-corrected chi connectivity index (χ0v) is 14.6. The molecule has 1 atom stereocenters. The first-order valence-electron chi connectivity index (χ1n) is 6.92. The Kier molecular flexibility index (Phi) is 4.55. The second kappa shape index (κ2) is 6.38. The van der Waals surface area contributed by atoms with Crippen molar-refractivity contribution in [1.82, 2.24) is 0 Å². The maximum absolute atomic E-state index is 12.5. The maximum atomic E-state index is 12.5. The summed E-state index contributed by atoms with van der Waals surface area (Å²) in [6.45, 7) is 0. The number of rotatable bonds is 4. The molecular formula is C15H12F3O5PS. The Bertz CT molecular complexity index is 895. The van der Waals surface area contributed by atoms with Gasteiger partial charge in [0.2, 0.25) is 0 Å². The van der Waals surface area contributed by atoms with Gasteiger partial charge in [0, 0.05) is 5.56 Å². The summed E-state index contributed by atoms with van der Waals surface area (Å²) in [5, 5.41) is 0.321. The molecule has 0 N–H and O–H groups in total. The standard InChI is InChI=1S/C15H12F3O5PS/c1-21-10-4-2-9(3-5-10)11-6-7-12(14-13(11)22-8-24-14)23-25(19,20)15(16,17)18/h2-7,24H,8H2,1H3. The first kappa shape index (κ1) is 17.8. The normalized spacial score (nSPS) is 14.9. The summed E-state index contributed by atoms with van der Waals surface area (Å²) in [5.41, 5.74) is -4.09. The summed E-state index contributed by atoms with van der Waals surface area (Å²) in [7, 11) is -4.21. The number of alkyl halides is 3. The Morgan fingerprint density at radius 3 is 2.40 bits per heavy atom. The lowest BCUT2D eigenvalue weighted by atomic mass is 10.0. The topological polar surface area (TPSA) is 61.8 Å². The highest BCUT2D eigenvalue weighted by Gasteiger charge is 2.49. The highest BCUT2D eigenvalue weighted by atomic mass is 32.2. The van der Waals surface area contributed by atoms with Crippen LogP contribution in [0.15, 0.2) is 36.4 Å². The van der Waals surface area contributed by atoms with E-state index < -0.39 is 15.6 Å². The van der Waals surface area contributed by atoms with Crippen molar-refractivity contribution in [3.8, 4) is 28.4 Å². The van der Waals surface area contributed by atoms with Crippen LogP contribution in [0.2, 0.25) is 0 Å². The van der Waals surface area contributed by atoms with E-state index in [0.29, 0.717) is 22.4 Å². The van der Waals surface area contributed by atoms with Gasteiger partial charge in [-0.1, -0.05) is 12.1 Å². The lowest BCUT2D eigenvalue weighted by Gasteiger charge is -2.14. The molecule has 1 unspecified atom stereocenters. The molecule has 0 fully saturated rings. The summed E-state index contributed by atoms with van der Waals surface area (Å²) in [4.78, 5) is 0. The fraction of sp³-hybridized carbons (Fsp3) is 0.200. The molecule has 5 nitrogen and oxygen atoms in total. The SMILES string of the molecule is COc1ccc(-c2ccc(OS(=O)(=O)C(F)(F)F)c3c2OCP3)cc1. The number of hydrogen-bond donors (Lipinski definition) is 0. The van der Waals surface area contributed by atoms with Gasteiger partial charge in [0.15, 0.2) is 5.75 Å². The van der Waals surface area contributed by atoms with E-state index in [2.05, 4.69) is 4.18 Å². The molecular weight excluding hydrogens is 380 g/mol. The van der Waals surface area contributed by atoms with E-state index in [4.69, 9.17) is 9.47 Å². The average molecular weight is 392 g/mol. The van der Waals surface area contributed by atoms with E-state index in [-0.39, 0.29) is 20.7 Å². The molecule has 2 aromatic rings. The molecule has 0 spiro atoms. The lowest BCUT2D eigenvalue weighted by Crippen LogP contribution is -2.29. The van der Waals surface area contributed by atoms with Crippen molar-refractivity contribution < 1.29 is 35.2 Å². The average Bonchev–Trinajstić information content (AvgIpc) is 3.04. The predicted molar refractivity (Wildman–Crippen MR) is 87.5 cm³/mol. The fourth-order valence-electron chi connectivity index (χ4n) is 2.30. The molecule has 10 heteroatoms. The molecule has 0 aliphatic carbocycles. The van der Waals surface area contributed by atoms with Crippen LogP contribution in [0.5, 0.6) is 17.2 Å². The third kappa shape index (κ3) is 3.39. The first-order chi connectivity index (χ1) is 11.7. The minimum absolute atomic E-state index is 0.0168. The molecule has 1 aliphatic heterocycles. The van der Waals surface area contributed by atoms with E-state index in [1.807, 2.05) is 0 Å². The second-order valence-electron chi connectivity index (χ2n) is 4.99. The molecule has 0 bridgehead atoms. The number of fused-ring (bicyclic) bond motifs is 1. The van der Waals surface area contributed by atoms with Crippen LogP contribution < -0.4 is 19.0 Å². The zero-order valence-electron chi connectivity index (χ0n) is 12.8. The minimum atomic E-state index is -5.73. The van der Waals surface area contributed by atoms with Crippen LogP contribution in [0.1, 0.15) is 0 Å². The molecule has 0 amide bonds. The minimum Gasteiger partial charge on any atom is -0.497 e. The summed E-state index contributed by atoms with van der Waals surface area (Å²) >= 11 is 0. The highest BCUT2D eigenvalue weighted by Crippen LogP contribution is 2.42. The molecule has 0 aromatic heterocycles. The molecule has 3 rings (SSSR count). The van der Waals surface area contributed by atoms with Crippen molar-refractivity contribution in [3.63, 3.8) is 0 Å². The van der Waals surface area contributed by atoms with Crippen molar-refractivity contribution in [3.05, 3.63) is 36.4 Å². The Hall–Kier alpha value is -1.99. The van der Waals surface area contributed by atoms with Crippen LogP contribution in [0.3, 0.4) is 0 Å². The Labute approximate surface area is 143 Å². The van der Waals surface area contributed by atoms with Crippen LogP contribution >= 0.6 is 8.58 Å². The van der Waals surface area contributed by atoms with Gasteiger partial charge in [-0.25, -0.2) is 0 Å². The van der Waals surface area contributed by atoms with Crippen molar-refractivity contribution in [1.29, 1.82) is 0 Å². The van der Waals surface area contributed by atoms with Crippen LogP contribution in [-0.2, 0) is 10.1 Å². The number of ether oxygens (including phenoxy) is 2. The Morgan fingerprint density at radius 1 is 1.12 bits per heavy atom. The number of halogens is 3. The molecule has 0 saturated carbocycles. The maximum Gasteiger partial charge on any atom is 0.534 e. The smallest absolute Gasteiger partial charge is 0.497 e. The van der Waals surface area contributed by atoms with Gasteiger partial charge >= 0.3 is 15.6 Å². The van der Waals surface area contributed by atoms with Gasteiger partial charge in [-0.2, -0.15) is 21.6 Å². The third-order valence-electron chi connectivity index (χ3n) is 3.47. The fourth-order valence-corrected chi connectivity index (χ4v) is 3.88. The molecule has 2 aromatic carbocycles. The molecule has 1 aliphatic rings. The van der Waals surface area contributed by atoms with E-state index in [1.165, 1.54) is 19.2 Å². The first-order valence-corrected chi connectivity index (χ1v) is 9.53. The monoisotopic (exact) mass is 392 g/mol. The largest absolute Gasteiger partial charge is 0.534 e. The number of methoxy groups -OCH3 is 1. The summed E-state index contributed by atoms with van der Waals surface area (Å²) in [5.74, 6) is 0.623. The summed E-state index contributed by atoms with van der Waals surface area (Å²) in [6, 6.07) is 9.69. The summed E-state index contributed by atoms with van der Waals surface area (Å²) in [6.07, 6.45) is 0.255. The van der Waals surface area contributed by atoms with Crippen molar-refractivity contribution in [2.45, 2.75) is 5.51 Å². The predicted octanol–water partition coefficient (Wildman–Crippen LogP) is 3.24. The quantitative estimate of drug-likeness (QED) is 0.454. The molecule has 0 saturated heterocycles. The van der Waals surface area contributed by atoms with Crippen LogP contribution in [-0.4, -0.2) is 27.4 Å². The molecule has 134 valence electrons. The van der Waals surface area contributed by atoms with E-state index >= 15 is 0 Å². The van der Waals surface area contributed by atoms with Crippen LogP contribution in [0.25, 0.3) is 11.1 Å². The van der Waals surface area contributed by atoms with Gasteiger partial charge in [0.25, 0.3) is 0 Å². The van der Waals surface area contributed by atoms with Gasteiger partial charge in [-0.3, -0.25) is 0 Å². The Morgan fingerprint density at radius 2 is 1.80 bits per heavy atom. The zero-order chi connectivity index (χ0) is 18.2. The molecule has 1 heterocycles. The van der Waals surface area contributed by atoms with E-state index in [0.717, 1.165) is 5.56 Å². The van der Waals surface area contributed by atoms with Gasteiger partial charge in [-0.15, -0.1) is 0 Å². The van der Waals surface area contributed by atoms with Gasteiger partial charge in [0.05, 0.1) is 12.4 Å². The van der Waals surface area contributed by atoms with Crippen LogP contribution in [0.4, 0.5) is 13.2 Å². The highest BCUT2D eigenvalue weighted by molar-refractivity contribution is 7.88. The Balaban J connectivity index is 2.01. The molecule has 0 radical (unpaired) electrons. The van der Waals surface area contributed by atoms with Gasteiger partial charge in [0.1, 0.15) is 17.8 Å². The van der Waals surface area contributed by atoms with Crippen molar-refractivity contribution in [2.75, 3.05) is 13.5 Å². The van der Waals surface area contributed by atoms with Crippen molar-refractivity contribution >= 4 is 24.0 Å². The van der Waals surface area contributed by atoms with E-state index in [1.54, 1.807) is 24.3 Å². The van der Waals surface area contributed by atoms with Gasteiger partial charge in [-0.05, 0) is 38.4 Å². The lowest BCUT2D eigenvalue weighted by molar-refractivity contribution is -0.0499. The van der Waals surface area contributed by atoms with Crippen molar-refractivity contribution in [2.24, 2.45) is 0 Å². The number of hydrogen-bond acceptors (Lipinski definition) is 5. The summed E-state index contributed by atoms with van der Waals surface area (Å²) < 4.78 is 75.0. The van der Waals surface area contributed by atoms with E-state index in [9.17, 15) is 21.6 Å². The van der Waals surface area contributed by atoms with Crippen LogP contribution in [0, 0.1) is 0 Å². The van der Waals surface area contributed by atoms with Gasteiger partial charge < -0.3 is 13.7 Å².